The molecule has 1 aromatic heterocycles. The van der Waals surface area contributed by atoms with E-state index >= 15 is 0 Å². The van der Waals surface area contributed by atoms with Crippen LogP contribution in [0.25, 0.3) is 11.5 Å². The Morgan fingerprint density at radius 1 is 1.44 bits per heavy atom. The van der Waals surface area contributed by atoms with E-state index in [9.17, 15) is 0 Å². The fraction of sp³-hybridized carbons (Fsp3) is 0.333. The smallest absolute Gasteiger partial charge is 0.260 e. The van der Waals surface area contributed by atoms with Gasteiger partial charge in [-0.25, -0.2) is 0 Å². The van der Waals surface area contributed by atoms with Crippen molar-refractivity contribution in [3.05, 3.63) is 27.6 Å². The van der Waals surface area contributed by atoms with Gasteiger partial charge in [-0.2, -0.15) is 16.7 Å². The van der Waals surface area contributed by atoms with Crippen molar-refractivity contribution in [3.63, 3.8) is 0 Å². The van der Waals surface area contributed by atoms with Gasteiger partial charge in [0.15, 0.2) is 5.82 Å². The van der Waals surface area contributed by atoms with Crippen molar-refractivity contribution in [2.45, 2.75) is 19.1 Å². The van der Waals surface area contributed by atoms with Gasteiger partial charge in [-0.15, -0.1) is 0 Å². The highest BCUT2D eigenvalue weighted by Gasteiger charge is 2.12. The average Bonchev–Trinajstić information content (AvgIpc) is 2.81. The van der Waals surface area contributed by atoms with Gasteiger partial charge >= 0.3 is 0 Å². The normalized spacial score (nSPS) is 10.8. The number of hydrogen-bond donors (Lipinski definition) is 1. The van der Waals surface area contributed by atoms with Crippen LogP contribution in [0.1, 0.15) is 19.2 Å². The minimum absolute atomic E-state index is 0.498. The molecule has 1 aromatic carbocycles. The van der Waals surface area contributed by atoms with E-state index in [1.165, 1.54) is 0 Å². The third-order valence-corrected chi connectivity index (χ3v) is 4.12. The molecule has 0 amide bonds. The van der Waals surface area contributed by atoms with E-state index in [-0.39, 0.29) is 0 Å². The number of hydrogen-bond acceptors (Lipinski definition) is 5. The van der Waals surface area contributed by atoms with Crippen LogP contribution in [0.2, 0.25) is 0 Å². The topological polar surface area (TPSA) is 64.9 Å². The summed E-state index contributed by atoms with van der Waals surface area (Å²) >= 11 is 4.04. The molecule has 0 spiro atoms. The zero-order chi connectivity index (χ0) is 13.0. The first-order chi connectivity index (χ1) is 8.70. The summed E-state index contributed by atoms with van der Waals surface area (Å²) in [6, 6.07) is 5.76. The molecule has 0 bridgehead atoms. The molecule has 0 radical (unpaired) electrons. The number of halogens is 1. The maximum absolute atomic E-state index is 5.92. The standard InChI is InChI=1S/C12H14IN3OS/c1-2-5-18-7-11-15-12(17-16-11)9-6-8(13)3-4-10(9)14/h3-4,6H,2,5,7,14H2,1H3. The number of nitrogens with zero attached hydrogens (tertiary/aromatic N) is 2. The first-order valence-electron chi connectivity index (χ1n) is 5.66. The lowest BCUT2D eigenvalue weighted by atomic mass is 10.2. The fourth-order valence-electron chi connectivity index (χ4n) is 1.44. The summed E-state index contributed by atoms with van der Waals surface area (Å²) in [5.74, 6) is 3.11. The zero-order valence-corrected chi connectivity index (χ0v) is 13.0. The van der Waals surface area contributed by atoms with E-state index in [1.807, 2.05) is 18.2 Å². The summed E-state index contributed by atoms with van der Waals surface area (Å²) in [7, 11) is 0. The van der Waals surface area contributed by atoms with Gasteiger partial charge in [-0.3, -0.25) is 0 Å². The number of benzene rings is 1. The molecule has 0 atom stereocenters. The maximum atomic E-state index is 5.92. The molecule has 2 aromatic rings. The number of anilines is 1. The van der Waals surface area contributed by atoms with Crippen molar-refractivity contribution < 1.29 is 4.52 Å². The quantitative estimate of drug-likeness (QED) is 0.492. The third-order valence-electron chi connectivity index (χ3n) is 2.29. The van der Waals surface area contributed by atoms with Gasteiger partial charge in [0.1, 0.15) is 0 Å². The number of thioether (sulfide) groups is 1. The van der Waals surface area contributed by atoms with Crippen LogP contribution in [0, 0.1) is 3.57 Å². The lowest BCUT2D eigenvalue weighted by molar-refractivity contribution is 0.425. The highest BCUT2D eigenvalue weighted by atomic mass is 127. The summed E-state index contributed by atoms with van der Waals surface area (Å²) in [4.78, 5) is 4.37. The van der Waals surface area contributed by atoms with E-state index < -0.39 is 0 Å². The molecule has 2 rings (SSSR count). The molecular weight excluding hydrogens is 361 g/mol. The number of aromatic nitrogens is 2. The van der Waals surface area contributed by atoms with Crippen molar-refractivity contribution in [3.8, 4) is 11.5 Å². The molecule has 18 heavy (non-hydrogen) atoms. The first-order valence-corrected chi connectivity index (χ1v) is 7.89. The van der Waals surface area contributed by atoms with Crippen LogP contribution in [0.4, 0.5) is 5.69 Å². The Morgan fingerprint density at radius 2 is 2.28 bits per heavy atom. The molecule has 96 valence electrons. The Balaban J connectivity index is 2.16. The van der Waals surface area contributed by atoms with Crippen molar-refractivity contribution >= 4 is 40.0 Å². The van der Waals surface area contributed by atoms with Gasteiger partial charge in [0.05, 0.1) is 11.3 Å². The van der Waals surface area contributed by atoms with Gasteiger partial charge in [0, 0.05) is 9.26 Å². The second-order valence-corrected chi connectivity index (χ2v) is 6.15. The van der Waals surface area contributed by atoms with Crippen molar-refractivity contribution in [1.29, 1.82) is 0 Å². The van der Waals surface area contributed by atoms with E-state index in [1.54, 1.807) is 11.8 Å². The highest BCUT2D eigenvalue weighted by Crippen LogP contribution is 2.26. The molecule has 0 aliphatic rings. The number of rotatable bonds is 5. The van der Waals surface area contributed by atoms with Crippen LogP contribution in [0.3, 0.4) is 0 Å². The molecule has 0 saturated heterocycles. The second-order valence-electron chi connectivity index (χ2n) is 3.80. The van der Waals surface area contributed by atoms with Crippen molar-refractivity contribution in [1.82, 2.24) is 10.1 Å². The summed E-state index contributed by atoms with van der Waals surface area (Å²) in [6.45, 7) is 2.15. The largest absolute Gasteiger partial charge is 0.398 e. The van der Waals surface area contributed by atoms with E-state index in [0.29, 0.717) is 11.6 Å². The van der Waals surface area contributed by atoms with Crippen LogP contribution in [0.5, 0.6) is 0 Å². The zero-order valence-electron chi connectivity index (χ0n) is 10.0. The maximum Gasteiger partial charge on any atom is 0.260 e. The van der Waals surface area contributed by atoms with Gasteiger partial charge < -0.3 is 10.3 Å². The van der Waals surface area contributed by atoms with E-state index in [2.05, 4.69) is 39.7 Å². The molecule has 1 heterocycles. The number of nitrogen functional groups attached to an aromatic ring is 1. The van der Waals surface area contributed by atoms with Gasteiger partial charge in [-0.1, -0.05) is 12.1 Å². The summed E-state index contributed by atoms with van der Waals surface area (Å²) in [5, 5.41) is 3.97. The molecule has 0 saturated carbocycles. The van der Waals surface area contributed by atoms with Crippen LogP contribution < -0.4 is 5.73 Å². The molecule has 2 N–H and O–H groups in total. The molecule has 0 aliphatic heterocycles. The van der Waals surface area contributed by atoms with Crippen LogP contribution in [-0.2, 0) is 5.75 Å². The SMILES string of the molecule is CCCSCc1noc(-c2cc(I)ccc2N)n1. The molecular formula is C12H14IN3OS. The molecule has 0 fully saturated rings. The summed E-state index contributed by atoms with van der Waals surface area (Å²) < 4.78 is 6.35. The van der Waals surface area contributed by atoms with E-state index in [0.717, 1.165) is 32.9 Å². The average molecular weight is 375 g/mol. The van der Waals surface area contributed by atoms with E-state index in [4.69, 9.17) is 10.3 Å². The molecule has 6 heteroatoms. The van der Waals surface area contributed by atoms with Gasteiger partial charge in [0.2, 0.25) is 0 Å². The van der Waals surface area contributed by atoms with Crippen LogP contribution in [-0.4, -0.2) is 15.9 Å². The number of nitrogens with two attached hydrogens (primary N) is 1. The Morgan fingerprint density at radius 3 is 3.06 bits per heavy atom. The Labute approximate surface area is 124 Å². The van der Waals surface area contributed by atoms with Crippen molar-refractivity contribution in [2.75, 3.05) is 11.5 Å². The Kier molecular flexibility index (Phi) is 4.87. The fourth-order valence-corrected chi connectivity index (χ4v) is 2.67. The minimum atomic E-state index is 0.498. The lowest BCUT2D eigenvalue weighted by Gasteiger charge is -2.00. The van der Waals surface area contributed by atoms with Crippen molar-refractivity contribution in [2.24, 2.45) is 0 Å². The first kappa shape index (κ1) is 13.7. The molecule has 0 aliphatic carbocycles. The highest BCUT2D eigenvalue weighted by molar-refractivity contribution is 14.1. The van der Waals surface area contributed by atoms with Crippen LogP contribution >= 0.6 is 34.4 Å². The molecule has 0 unspecified atom stereocenters. The molecule has 4 nitrogen and oxygen atoms in total. The third kappa shape index (κ3) is 3.38. The lowest BCUT2D eigenvalue weighted by Crippen LogP contribution is -1.91. The Hall–Kier alpha value is -0.760. The summed E-state index contributed by atoms with van der Waals surface area (Å²) in [6.07, 6.45) is 1.15. The van der Waals surface area contributed by atoms with Gasteiger partial charge in [-0.05, 0) is 53.0 Å². The predicted molar refractivity (Wildman–Crippen MR) is 83.3 cm³/mol. The van der Waals surface area contributed by atoms with Gasteiger partial charge in [0.25, 0.3) is 5.89 Å². The summed E-state index contributed by atoms with van der Waals surface area (Å²) in [5.41, 5.74) is 7.38. The minimum Gasteiger partial charge on any atom is -0.398 e. The second kappa shape index (κ2) is 6.42. The van der Waals surface area contributed by atoms with Crippen LogP contribution in [0.15, 0.2) is 22.7 Å². The Bertz CT molecular complexity index is 530. The monoisotopic (exact) mass is 375 g/mol. The predicted octanol–water partition coefficient (Wildman–Crippen LogP) is 3.57.